The van der Waals surface area contributed by atoms with Crippen molar-refractivity contribution >= 4 is 44.5 Å². The van der Waals surface area contributed by atoms with Crippen molar-refractivity contribution in [3.8, 4) is 11.3 Å². The van der Waals surface area contributed by atoms with Crippen molar-refractivity contribution in [2.24, 2.45) is 0 Å². The summed E-state index contributed by atoms with van der Waals surface area (Å²) in [6, 6.07) is 6.15. The maximum absolute atomic E-state index is 13.1. The van der Waals surface area contributed by atoms with E-state index in [-0.39, 0.29) is 18.0 Å². The normalized spacial score (nSPS) is 14.9. The average molecular weight is 449 g/mol. The van der Waals surface area contributed by atoms with Gasteiger partial charge in [0.05, 0.1) is 22.4 Å². The monoisotopic (exact) mass is 448 g/mol. The molecule has 156 valence electrons. The smallest absolute Gasteiger partial charge is 0.262 e. The molecule has 0 N–H and O–H groups in total. The van der Waals surface area contributed by atoms with E-state index in [4.69, 9.17) is 0 Å². The lowest BCUT2D eigenvalue weighted by Gasteiger charge is -2.18. The Morgan fingerprint density at radius 2 is 2.13 bits per heavy atom. The van der Waals surface area contributed by atoms with Gasteiger partial charge in [0, 0.05) is 28.1 Å². The zero-order chi connectivity index (χ0) is 21.1. The van der Waals surface area contributed by atoms with Crippen LogP contribution in [0.5, 0.6) is 0 Å². The van der Waals surface area contributed by atoms with E-state index in [1.54, 1.807) is 27.6 Å². The molecule has 0 spiro atoms. The zero-order valence-electron chi connectivity index (χ0n) is 17.1. The second kappa shape index (κ2) is 7.10. The number of hydrogen-bond acceptors (Lipinski definition) is 6. The Hall–Kier alpha value is -2.84. The Morgan fingerprint density at radius 3 is 2.97 bits per heavy atom. The SMILES string of the molecule is Cc1nc(-c2ccc3c(c2)CCN3C(=O)Cn2cnc3sc4c(c3c2=O)CCC4)cs1. The minimum Gasteiger partial charge on any atom is -0.310 e. The molecule has 0 atom stereocenters. The molecule has 1 aliphatic heterocycles. The number of carbonyl (C=O) groups excluding carboxylic acids is 1. The molecule has 6 nitrogen and oxygen atoms in total. The number of thiophene rings is 1. The standard InChI is InChI=1S/C23H20N4O2S2/c1-13-25-17(11-30-13)14-5-6-18-15(9-14)7-8-27(18)20(28)10-26-12-24-22-21(23(26)29)16-3-2-4-19(16)31-22/h5-6,9,11-12H,2-4,7-8,10H2,1H3. The van der Waals surface area contributed by atoms with Crippen molar-refractivity contribution in [3.63, 3.8) is 0 Å². The van der Waals surface area contributed by atoms with Gasteiger partial charge in [-0.05, 0) is 55.9 Å². The van der Waals surface area contributed by atoms with Gasteiger partial charge >= 0.3 is 0 Å². The fraction of sp³-hybridized carbons (Fsp3) is 0.304. The van der Waals surface area contributed by atoms with Crippen LogP contribution in [0.4, 0.5) is 5.69 Å². The van der Waals surface area contributed by atoms with Gasteiger partial charge in [0.25, 0.3) is 5.56 Å². The van der Waals surface area contributed by atoms with Crippen molar-refractivity contribution in [1.82, 2.24) is 14.5 Å². The van der Waals surface area contributed by atoms with Crippen LogP contribution in [0.25, 0.3) is 21.5 Å². The highest BCUT2D eigenvalue weighted by atomic mass is 32.1. The molecule has 2 aliphatic rings. The Kier molecular flexibility index (Phi) is 4.33. The molecule has 0 unspecified atom stereocenters. The Balaban J connectivity index is 1.28. The number of aromatic nitrogens is 3. The number of rotatable bonds is 3. The second-order valence-corrected chi connectivity index (χ2v) is 10.3. The molecule has 0 radical (unpaired) electrons. The van der Waals surface area contributed by atoms with Crippen LogP contribution >= 0.6 is 22.7 Å². The molecule has 4 aromatic rings. The van der Waals surface area contributed by atoms with Gasteiger partial charge < -0.3 is 4.90 Å². The Labute approximate surface area is 186 Å². The maximum atomic E-state index is 13.1. The zero-order valence-corrected chi connectivity index (χ0v) is 18.7. The van der Waals surface area contributed by atoms with Crippen LogP contribution in [0.2, 0.25) is 0 Å². The van der Waals surface area contributed by atoms with Gasteiger partial charge in [-0.1, -0.05) is 6.07 Å². The third-order valence-corrected chi connectivity index (χ3v) is 8.16. The molecule has 31 heavy (non-hydrogen) atoms. The summed E-state index contributed by atoms with van der Waals surface area (Å²) in [5.41, 5.74) is 5.19. The van der Waals surface area contributed by atoms with Crippen molar-refractivity contribution < 1.29 is 4.79 Å². The van der Waals surface area contributed by atoms with Crippen molar-refractivity contribution in [2.45, 2.75) is 39.2 Å². The van der Waals surface area contributed by atoms with Crippen molar-refractivity contribution in [1.29, 1.82) is 0 Å². The molecule has 6 rings (SSSR count). The highest BCUT2D eigenvalue weighted by Gasteiger charge is 2.27. The molecular weight excluding hydrogens is 428 g/mol. The van der Waals surface area contributed by atoms with Crippen LogP contribution in [-0.4, -0.2) is 27.0 Å². The Bertz CT molecular complexity index is 1410. The number of benzene rings is 1. The largest absolute Gasteiger partial charge is 0.310 e. The van der Waals surface area contributed by atoms with Gasteiger partial charge in [-0.2, -0.15) is 0 Å². The fourth-order valence-corrected chi connectivity index (χ4v) is 6.52. The minimum atomic E-state index is -0.0913. The summed E-state index contributed by atoms with van der Waals surface area (Å²) in [5, 5.41) is 3.82. The van der Waals surface area contributed by atoms with Crippen molar-refractivity contribution in [2.75, 3.05) is 11.4 Å². The van der Waals surface area contributed by atoms with E-state index in [0.29, 0.717) is 6.54 Å². The third-order valence-electron chi connectivity index (χ3n) is 6.19. The summed E-state index contributed by atoms with van der Waals surface area (Å²) in [7, 11) is 0. The van der Waals surface area contributed by atoms with Crippen LogP contribution in [0.15, 0.2) is 34.7 Å². The van der Waals surface area contributed by atoms with Gasteiger partial charge in [-0.3, -0.25) is 14.2 Å². The third kappa shape index (κ3) is 3.04. The van der Waals surface area contributed by atoms with Crippen molar-refractivity contribution in [3.05, 3.63) is 61.3 Å². The van der Waals surface area contributed by atoms with E-state index in [1.807, 2.05) is 19.1 Å². The highest BCUT2D eigenvalue weighted by Crippen LogP contribution is 2.35. The van der Waals surface area contributed by atoms with E-state index in [9.17, 15) is 9.59 Å². The van der Waals surface area contributed by atoms with Gasteiger partial charge in [0.2, 0.25) is 5.91 Å². The van der Waals surface area contributed by atoms with Crippen LogP contribution in [-0.2, 0) is 30.6 Å². The van der Waals surface area contributed by atoms with Gasteiger partial charge in [-0.15, -0.1) is 22.7 Å². The molecule has 4 heterocycles. The first-order valence-electron chi connectivity index (χ1n) is 10.4. The Morgan fingerprint density at radius 1 is 1.23 bits per heavy atom. The van der Waals surface area contributed by atoms with Gasteiger partial charge in [0.15, 0.2) is 0 Å². The summed E-state index contributed by atoms with van der Waals surface area (Å²) < 4.78 is 1.47. The molecule has 0 bridgehead atoms. The number of nitrogens with zero attached hydrogens (tertiary/aromatic N) is 4. The van der Waals surface area contributed by atoms with Gasteiger partial charge in [0.1, 0.15) is 11.4 Å². The van der Waals surface area contributed by atoms with Crippen LogP contribution in [0, 0.1) is 6.92 Å². The number of hydrogen-bond donors (Lipinski definition) is 0. The number of thiazole rings is 1. The summed E-state index contributed by atoms with van der Waals surface area (Å²) in [5.74, 6) is -0.0777. The van der Waals surface area contributed by atoms with Gasteiger partial charge in [-0.25, -0.2) is 9.97 Å². The number of fused-ring (bicyclic) bond motifs is 4. The molecule has 0 saturated heterocycles. The first-order chi connectivity index (χ1) is 15.1. The lowest BCUT2D eigenvalue weighted by Crippen LogP contribution is -2.35. The predicted molar refractivity (Wildman–Crippen MR) is 124 cm³/mol. The summed E-state index contributed by atoms with van der Waals surface area (Å²) in [4.78, 5) is 39.1. The lowest BCUT2D eigenvalue weighted by molar-refractivity contribution is -0.119. The highest BCUT2D eigenvalue weighted by molar-refractivity contribution is 7.18. The molecule has 8 heteroatoms. The lowest BCUT2D eigenvalue weighted by atomic mass is 10.1. The number of aryl methyl sites for hydroxylation is 3. The topological polar surface area (TPSA) is 68.1 Å². The van der Waals surface area contributed by atoms with Crippen LogP contribution in [0.1, 0.15) is 27.4 Å². The fourth-order valence-electron chi connectivity index (χ4n) is 4.68. The molecule has 1 amide bonds. The molecular formula is C23H20N4O2S2. The maximum Gasteiger partial charge on any atom is 0.262 e. The molecule has 0 fully saturated rings. The average Bonchev–Trinajstić information content (AvgIpc) is 3.52. The van der Waals surface area contributed by atoms with E-state index >= 15 is 0 Å². The summed E-state index contributed by atoms with van der Waals surface area (Å²) in [6.45, 7) is 2.64. The molecule has 3 aromatic heterocycles. The first kappa shape index (κ1) is 18.9. The number of amides is 1. The molecule has 1 aliphatic carbocycles. The number of carbonyl (C=O) groups is 1. The van der Waals surface area contributed by atoms with Crippen LogP contribution < -0.4 is 10.5 Å². The number of anilines is 1. The first-order valence-corrected chi connectivity index (χ1v) is 12.1. The summed E-state index contributed by atoms with van der Waals surface area (Å²) in [6.07, 6.45) is 5.39. The van der Waals surface area contributed by atoms with Crippen LogP contribution in [0.3, 0.4) is 0 Å². The quantitative estimate of drug-likeness (QED) is 0.476. The molecule has 1 aromatic carbocycles. The van der Waals surface area contributed by atoms with E-state index in [0.717, 1.165) is 69.0 Å². The van der Waals surface area contributed by atoms with E-state index in [1.165, 1.54) is 15.8 Å². The second-order valence-electron chi connectivity index (χ2n) is 8.11. The van der Waals surface area contributed by atoms with E-state index in [2.05, 4.69) is 21.4 Å². The summed E-state index contributed by atoms with van der Waals surface area (Å²) >= 11 is 3.26. The predicted octanol–water partition coefficient (Wildman–Crippen LogP) is 3.97. The molecule has 0 saturated carbocycles. The van der Waals surface area contributed by atoms with E-state index < -0.39 is 0 Å². The minimum absolute atomic E-state index is 0.0128.